The van der Waals surface area contributed by atoms with Crippen molar-refractivity contribution in [1.29, 1.82) is 0 Å². The number of alkyl halides is 4. The number of benzene rings is 3. The maximum Gasteiger partial charge on any atom is 0.429 e. The average molecular weight is 637 g/mol. The van der Waals surface area contributed by atoms with E-state index in [1.54, 1.807) is 0 Å². The number of hydrogen-bond donors (Lipinski definition) is 0. The van der Waals surface area contributed by atoms with Crippen LogP contribution in [-0.2, 0) is 21.7 Å². The third kappa shape index (κ3) is 8.17. The summed E-state index contributed by atoms with van der Waals surface area (Å²) >= 11 is 0. The Morgan fingerprint density at radius 2 is 1.39 bits per heavy atom. The van der Waals surface area contributed by atoms with Crippen LogP contribution in [0.2, 0.25) is 0 Å². The average Bonchev–Trinajstić information content (AvgIpc) is 2.97. The summed E-state index contributed by atoms with van der Waals surface area (Å²) in [5, 5.41) is 0. The zero-order chi connectivity index (χ0) is 32.1. The SMILES string of the molecule is CCCCC1COC(c2ccc(C(F)(F)Oc3ccc(C(F)(F)Oc4ccc(OC(F)=C(F)F)c(F)c4)c(F)c3)cc2)OC1. The predicted molar refractivity (Wildman–Crippen MR) is 137 cm³/mol. The van der Waals surface area contributed by atoms with Gasteiger partial charge in [-0.3, -0.25) is 0 Å². The van der Waals surface area contributed by atoms with E-state index in [-0.39, 0.29) is 18.1 Å². The van der Waals surface area contributed by atoms with Gasteiger partial charge in [-0.05, 0) is 42.8 Å². The van der Waals surface area contributed by atoms with E-state index in [2.05, 4.69) is 21.1 Å². The Morgan fingerprint density at radius 1 is 0.795 bits per heavy atom. The maximum atomic E-state index is 14.8. The molecular weight excluding hydrogens is 611 g/mol. The van der Waals surface area contributed by atoms with E-state index in [1.807, 2.05) is 0 Å². The van der Waals surface area contributed by atoms with Crippen LogP contribution in [0.1, 0.15) is 49.2 Å². The summed E-state index contributed by atoms with van der Waals surface area (Å²) in [7, 11) is 0. The van der Waals surface area contributed by atoms with E-state index in [4.69, 9.17) is 9.47 Å². The second kappa shape index (κ2) is 13.8. The first kappa shape index (κ1) is 33.0. The molecule has 14 heteroatoms. The summed E-state index contributed by atoms with van der Waals surface area (Å²) in [4.78, 5) is 0. The third-order valence-corrected chi connectivity index (χ3v) is 6.45. The van der Waals surface area contributed by atoms with Crippen molar-refractivity contribution in [2.75, 3.05) is 13.2 Å². The van der Waals surface area contributed by atoms with Crippen LogP contribution in [-0.4, -0.2) is 13.2 Å². The molecule has 44 heavy (non-hydrogen) atoms. The van der Waals surface area contributed by atoms with Gasteiger partial charge >= 0.3 is 24.3 Å². The van der Waals surface area contributed by atoms with Gasteiger partial charge in [0.15, 0.2) is 17.9 Å². The van der Waals surface area contributed by atoms with Crippen molar-refractivity contribution >= 4 is 0 Å². The Labute approximate surface area is 245 Å². The number of hydrogen-bond acceptors (Lipinski definition) is 5. The van der Waals surface area contributed by atoms with Gasteiger partial charge in [0.05, 0.1) is 18.8 Å². The largest absolute Gasteiger partial charge is 0.429 e. The molecule has 0 spiro atoms. The fraction of sp³-hybridized carbons (Fsp3) is 0.333. The number of rotatable bonds is 12. The van der Waals surface area contributed by atoms with Crippen LogP contribution in [0.5, 0.6) is 17.2 Å². The van der Waals surface area contributed by atoms with Gasteiger partial charge in [-0.1, -0.05) is 31.9 Å². The van der Waals surface area contributed by atoms with Crippen molar-refractivity contribution in [3.63, 3.8) is 0 Å². The molecule has 0 amide bonds. The minimum atomic E-state index is -4.47. The predicted octanol–water partition coefficient (Wildman–Crippen LogP) is 9.49. The van der Waals surface area contributed by atoms with E-state index >= 15 is 0 Å². The molecule has 3 aromatic carbocycles. The van der Waals surface area contributed by atoms with E-state index < -0.39 is 70.6 Å². The fourth-order valence-electron chi connectivity index (χ4n) is 4.20. The quantitative estimate of drug-likeness (QED) is 0.146. The highest BCUT2D eigenvalue weighted by Crippen LogP contribution is 2.38. The molecule has 1 saturated heterocycles. The first-order valence-electron chi connectivity index (χ1n) is 13.2. The van der Waals surface area contributed by atoms with Gasteiger partial charge in [-0.2, -0.15) is 30.7 Å². The van der Waals surface area contributed by atoms with Crippen LogP contribution in [0.3, 0.4) is 0 Å². The molecular formula is C30H25F9O5. The van der Waals surface area contributed by atoms with Gasteiger partial charge in [0.2, 0.25) is 0 Å². The summed E-state index contributed by atoms with van der Waals surface area (Å²) in [5.74, 6) is -5.78. The molecule has 0 atom stereocenters. The van der Waals surface area contributed by atoms with E-state index in [0.29, 0.717) is 43.0 Å². The van der Waals surface area contributed by atoms with Gasteiger partial charge in [-0.25, -0.2) is 8.78 Å². The van der Waals surface area contributed by atoms with Gasteiger partial charge in [0, 0.05) is 23.6 Å². The van der Waals surface area contributed by atoms with E-state index in [1.165, 1.54) is 12.1 Å². The molecule has 1 aliphatic heterocycles. The molecule has 0 bridgehead atoms. The Morgan fingerprint density at radius 3 is 1.95 bits per heavy atom. The van der Waals surface area contributed by atoms with Gasteiger partial charge in [0.1, 0.15) is 22.9 Å². The minimum absolute atomic E-state index is 0.253. The summed E-state index contributed by atoms with van der Waals surface area (Å²) in [5.41, 5.74) is -1.54. The highest BCUT2D eigenvalue weighted by Gasteiger charge is 2.40. The van der Waals surface area contributed by atoms with E-state index in [9.17, 15) is 39.5 Å². The molecule has 1 fully saturated rings. The number of unbranched alkanes of at least 4 members (excludes halogenated alkanes) is 1. The van der Waals surface area contributed by atoms with Crippen molar-refractivity contribution < 1.29 is 63.2 Å². The van der Waals surface area contributed by atoms with Crippen LogP contribution >= 0.6 is 0 Å². The first-order chi connectivity index (χ1) is 20.8. The molecule has 0 unspecified atom stereocenters. The lowest BCUT2D eigenvalue weighted by Gasteiger charge is -2.29. The van der Waals surface area contributed by atoms with Gasteiger partial charge in [0.25, 0.3) is 0 Å². The topological polar surface area (TPSA) is 46.2 Å². The standard InChI is InChI=1S/C30H25F9O5/c1-2-3-4-17-15-40-28(41-16-17)18-5-7-19(8-6-18)29(36,37)43-20-9-11-22(23(31)13-20)30(38,39)44-21-10-12-25(24(32)14-21)42-27(35)26(33)34/h5-14,17,28H,2-4,15-16H2,1H3. The van der Waals surface area contributed by atoms with Crippen LogP contribution in [0.15, 0.2) is 72.8 Å². The molecule has 5 nitrogen and oxygen atoms in total. The highest BCUT2D eigenvalue weighted by molar-refractivity contribution is 5.36. The van der Waals surface area contributed by atoms with Crippen molar-refractivity contribution in [2.45, 2.75) is 44.7 Å². The molecule has 1 aliphatic rings. The summed E-state index contributed by atoms with van der Waals surface area (Å²) in [6.45, 7) is 3.02. The third-order valence-electron chi connectivity index (χ3n) is 6.45. The molecule has 0 N–H and O–H groups in total. The summed E-state index contributed by atoms with van der Waals surface area (Å²) < 4.78 is 149. The van der Waals surface area contributed by atoms with Gasteiger partial charge < -0.3 is 23.7 Å². The smallest absolute Gasteiger partial charge is 0.429 e. The lowest BCUT2D eigenvalue weighted by atomic mass is 10.0. The van der Waals surface area contributed by atoms with Crippen molar-refractivity contribution in [1.82, 2.24) is 0 Å². The van der Waals surface area contributed by atoms with Crippen molar-refractivity contribution in [2.24, 2.45) is 5.92 Å². The minimum Gasteiger partial charge on any atom is -0.429 e. The molecule has 0 aromatic heterocycles. The molecule has 0 radical (unpaired) electrons. The molecule has 0 aliphatic carbocycles. The summed E-state index contributed by atoms with van der Waals surface area (Å²) in [6, 6.07) is 5.18. The zero-order valence-electron chi connectivity index (χ0n) is 22.9. The second-order valence-corrected chi connectivity index (χ2v) is 9.74. The molecule has 238 valence electrons. The van der Waals surface area contributed by atoms with Crippen LogP contribution in [0.25, 0.3) is 0 Å². The molecule has 1 heterocycles. The van der Waals surface area contributed by atoms with Crippen LogP contribution in [0, 0.1) is 17.6 Å². The monoisotopic (exact) mass is 636 g/mol. The fourth-order valence-corrected chi connectivity index (χ4v) is 4.20. The second-order valence-electron chi connectivity index (χ2n) is 9.74. The Bertz CT molecular complexity index is 1450. The highest BCUT2D eigenvalue weighted by atomic mass is 19.3. The number of halogens is 9. The van der Waals surface area contributed by atoms with Crippen LogP contribution in [0.4, 0.5) is 39.5 Å². The zero-order valence-corrected chi connectivity index (χ0v) is 22.9. The van der Waals surface area contributed by atoms with Crippen LogP contribution < -0.4 is 14.2 Å². The summed E-state index contributed by atoms with van der Waals surface area (Å²) in [6.07, 6.45) is -9.03. The molecule has 0 saturated carbocycles. The normalized spacial score (nSPS) is 17.2. The lowest BCUT2D eigenvalue weighted by Crippen LogP contribution is -2.27. The Hall–Kier alpha value is -3.91. The number of ether oxygens (including phenoxy) is 5. The molecule has 3 aromatic rings. The van der Waals surface area contributed by atoms with Crippen molar-refractivity contribution in [3.05, 3.63) is 101 Å². The van der Waals surface area contributed by atoms with Crippen molar-refractivity contribution in [3.8, 4) is 17.2 Å². The lowest BCUT2D eigenvalue weighted by molar-refractivity contribution is -0.206. The maximum absolute atomic E-state index is 14.8. The van der Waals surface area contributed by atoms with E-state index in [0.717, 1.165) is 31.4 Å². The Balaban J connectivity index is 1.40. The Kier molecular flexibility index (Phi) is 10.4. The first-order valence-corrected chi connectivity index (χ1v) is 13.2. The van der Waals surface area contributed by atoms with Gasteiger partial charge in [-0.15, -0.1) is 0 Å². The molecule has 4 rings (SSSR count).